The quantitative estimate of drug-likeness (QED) is 0.162. The average Bonchev–Trinajstić information content (AvgIpc) is 3.88. The Morgan fingerprint density at radius 1 is 0.870 bits per heavy atom. The van der Waals surface area contributed by atoms with Gasteiger partial charge in [0.2, 0.25) is 5.79 Å². The fourth-order valence-corrected chi connectivity index (χ4v) is 11.0. The summed E-state index contributed by atoms with van der Waals surface area (Å²) in [6.07, 6.45) is 16.7. The molecule has 2 unspecified atom stereocenters. The molecule has 0 radical (unpaired) electrons. The fourth-order valence-electron chi connectivity index (χ4n) is 11.0. The third-order valence-electron chi connectivity index (χ3n) is 15.6. The van der Waals surface area contributed by atoms with Gasteiger partial charge in [0.1, 0.15) is 30.4 Å². The lowest BCUT2D eigenvalue weighted by atomic mass is 9.77. The number of methoxy groups -OCH3 is 3. The molecule has 0 spiro atoms. The van der Waals surface area contributed by atoms with E-state index in [0.717, 1.165) is 24.0 Å². The van der Waals surface area contributed by atoms with Crippen molar-refractivity contribution in [3.63, 3.8) is 0 Å². The van der Waals surface area contributed by atoms with E-state index in [1.807, 2.05) is 71.9 Å². The molecule has 2 saturated heterocycles. The lowest BCUT2D eigenvalue weighted by Crippen LogP contribution is -2.61. The van der Waals surface area contributed by atoms with E-state index in [0.29, 0.717) is 51.4 Å². The number of carbonyl (C=O) groups is 5. The number of amides is 1. The van der Waals surface area contributed by atoms with Gasteiger partial charge in [-0.25, -0.2) is 9.48 Å². The summed E-state index contributed by atoms with van der Waals surface area (Å²) < 4.78 is 31.9. The van der Waals surface area contributed by atoms with Crippen molar-refractivity contribution in [3.05, 3.63) is 53.9 Å². The maximum absolute atomic E-state index is 14.5. The van der Waals surface area contributed by atoms with Crippen molar-refractivity contribution in [2.24, 2.45) is 41.4 Å². The van der Waals surface area contributed by atoms with Gasteiger partial charge in [-0.05, 0) is 112 Å². The van der Waals surface area contributed by atoms with Gasteiger partial charge >= 0.3 is 5.97 Å². The number of hydrogen-bond donors (Lipinski definition) is 1. The normalized spacial score (nSPS) is 38.8. The minimum atomic E-state index is -2.41. The van der Waals surface area contributed by atoms with Crippen LogP contribution >= 0.6 is 0 Å². The Morgan fingerprint density at radius 2 is 1.62 bits per heavy atom. The van der Waals surface area contributed by atoms with Crippen molar-refractivity contribution in [2.45, 2.75) is 181 Å². The fraction of sp³-hybridized carbons (Fsp3) is 0.736. The molecule has 1 saturated carbocycles. The van der Waals surface area contributed by atoms with E-state index >= 15 is 0 Å². The Hall–Kier alpha value is -4.22. The summed E-state index contributed by atoms with van der Waals surface area (Å²) in [7, 11) is 4.81. The standard InChI is InChI=1S/C53H81N5O11/c1-32-17-13-12-14-18-33(2)45(65-9)29-41-22-20-38(7)53(64,69-41)50(61)51(62)57-24-16-15-19-43(57)52(63)68-46(36(5)27-40-21-23-42(47(28-40)66-10)58-31-54-55-56-58)30-44(59)35(4)26-34(3)39(8)49(67-11)48(60)37(6)25-32/h12-14,17-18,26,31-32,35-43,45-47,49,64H,15-16,19-25,27-30H2,1-11H3/b14-12+,17-13+,33-18+,34-26+/t32-,35-,36-,37-,38-,39-,40+,41?,42+,43?,45+,46+,47-,49-,53-/m1/s1. The topological polar surface area (TPSA) is 199 Å². The summed E-state index contributed by atoms with van der Waals surface area (Å²) >= 11 is 0. The second-order valence-corrected chi connectivity index (χ2v) is 20.7. The van der Waals surface area contributed by atoms with E-state index in [2.05, 4.69) is 28.5 Å². The number of ketones is 3. The highest BCUT2D eigenvalue weighted by atomic mass is 16.6. The SMILES string of the molecule is CO[C@H]1CC2CC[C@@H](C)[C@@](O)(O2)C(=O)C(=O)N2CCCCC2C(=O)O[C@H]([C@H](C)C[C@@H]2CC[C@H](n3cnnn3)[C@H](OC)C2)CC(=O)[C@H](C)/C=C(\C)[C@@H](C)[C@@H](OC)C(=O)[C@H](C)C[C@H](C)/C=C/C=C/C=C/1C. The number of hydrogen-bond acceptors (Lipinski definition) is 14. The van der Waals surface area contributed by atoms with Crippen molar-refractivity contribution in [3.8, 4) is 0 Å². The van der Waals surface area contributed by atoms with Gasteiger partial charge in [-0.15, -0.1) is 5.10 Å². The summed E-state index contributed by atoms with van der Waals surface area (Å²) in [4.78, 5) is 72.6. The zero-order chi connectivity index (χ0) is 50.6. The molecule has 3 fully saturated rings. The molecule has 1 aromatic heterocycles. The molecule has 15 atom stereocenters. The molecule has 1 aromatic rings. The zero-order valence-electron chi connectivity index (χ0n) is 43.1. The van der Waals surface area contributed by atoms with E-state index in [1.54, 1.807) is 39.3 Å². The lowest BCUT2D eigenvalue weighted by Gasteiger charge is -2.42. The first-order valence-corrected chi connectivity index (χ1v) is 25.4. The number of ether oxygens (including phenoxy) is 5. The number of aromatic nitrogens is 4. The molecule has 1 aliphatic carbocycles. The van der Waals surface area contributed by atoms with Crippen molar-refractivity contribution < 1.29 is 52.8 Å². The molecule has 69 heavy (non-hydrogen) atoms. The van der Waals surface area contributed by atoms with Crippen LogP contribution < -0.4 is 0 Å². The maximum atomic E-state index is 14.5. The first-order chi connectivity index (χ1) is 32.8. The molecule has 1 N–H and O–H groups in total. The summed E-state index contributed by atoms with van der Waals surface area (Å²) in [5, 5.41) is 23.8. The van der Waals surface area contributed by atoms with Gasteiger partial charge in [0.25, 0.3) is 11.7 Å². The molecule has 4 aliphatic rings. The maximum Gasteiger partial charge on any atom is 0.329 e. The highest BCUT2D eigenvalue weighted by Crippen LogP contribution is 2.39. The minimum absolute atomic E-state index is 0.00377. The van der Waals surface area contributed by atoms with Crippen molar-refractivity contribution in [2.75, 3.05) is 27.9 Å². The monoisotopic (exact) mass is 964 g/mol. The van der Waals surface area contributed by atoms with E-state index < -0.39 is 65.7 Å². The van der Waals surface area contributed by atoms with Crippen LogP contribution in [0.5, 0.6) is 0 Å². The van der Waals surface area contributed by atoms with Crippen LogP contribution in [0.2, 0.25) is 0 Å². The lowest BCUT2D eigenvalue weighted by molar-refractivity contribution is -0.265. The highest BCUT2D eigenvalue weighted by Gasteiger charge is 2.53. The molecule has 0 aromatic carbocycles. The van der Waals surface area contributed by atoms with Gasteiger partial charge in [0, 0.05) is 64.4 Å². The van der Waals surface area contributed by atoms with E-state index in [1.165, 1.54) is 4.90 Å². The first-order valence-electron chi connectivity index (χ1n) is 25.4. The number of nitrogens with zero attached hydrogens (tertiary/aromatic N) is 5. The summed E-state index contributed by atoms with van der Waals surface area (Å²) in [5.41, 5.74) is 1.74. The van der Waals surface area contributed by atoms with Gasteiger partial charge in [0.05, 0.1) is 24.4 Å². The number of Topliss-reactive ketones (excluding diaryl/α,β-unsaturated/α-hetero) is 3. The third-order valence-corrected chi connectivity index (χ3v) is 15.6. The van der Waals surface area contributed by atoms with Gasteiger partial charge in [-0.3, -0.25) is 19.2 Å². The Labute approximate surface area is 410 Å². The van der Waals surface area contributed by atoms with Crippen LogP contribution in [0.1, 0.15) is 138 Å². The minimum Gasteiger partial charge on any atom is -0.460 e. The Balaban J connectivity index is 1.46. The Kier molecular flexibility index (Phi) is 20.8. The second kappa shape index (κ2) is 25.8. The molecule has 16 nitrogen and oxygen atoms in total. The number of fused-ring (bicyclic) bond motifs is 3. The van der Waals surface area contributed by atoms with Gasteiger partial charge < -0.3 is 33.7 Å². The smallest absolute Gasteiger partial charge is 0.329 e. The van der Waals surface area contributed by atoms with Crippen molar-refractivity contribution in [1.82, 2.24) is 25.1 Å². The zero-order valence-corrected chi connectivity index (χ0v) is 43.1. The molecule has 4 heterocycles. The highest BCUT2D eigenvalue weighted by molar-refractivity contribution is 6.39. The summed E-state index contributed by atoms with van der Waals surface area (Å²) in [5.74, 6) is -7.27. The number of rotatable bonds is 7. The Bertz CT molecular complexity index is 2020. The number of aliphatic hydroxyl groups is 1. The van der Waals surface area contributed by atoms with Crippen LogP contribution in [-0.2, 0) is 47.7 Å². The predicted molar refractivity (Wildman–Crippen MR) is 259 cm³/mol. The Morgan fingerprint density at radius 3 is 2.30 bits per heavy atom. The molecule has 3 aliphatic heterocycles. The molecule has 2 bridgehead atoms. The number of allylic oxidation sites excluding steroid dienone is 6. The van der Waals surface area contributed by atoms with Gasteiger partial charge in [-0.2, -0.15) is 0 Å². The van der Waals surface area contributed by atoms with E-state index in [9.17, 15) is 29.1 Å². The molecule has 384 valence electrons. The van der Waals surface area contributed by atoms with Crippen LogP contribution in [0.25, 0.3) is 0 Å². The number of cyclic esters (lactones) is 1. The van der Waals surface area contributed by atoms with Crippen LogP contribution in [0.4, 0.5) is 0 Å². The van der Waals surface area contributed by atoms with Crippen LogP contribution in [0.15, 0.2) is 53.9 Å². The summed E-state index contributed by atoms with van der Waals surface area (Å²) in [6, 6.07) is -1.14. The average molecular weight is 964 g/mol. The molecular formula is C53H81N5O11. The van der Waals surface area contributed by atoms with E-state index in [-0.39, 0.29) is 72.7 Å². The van der Waals surface area contributed by atoms with Crippen molar-refractivity contribution in [1.29, 1.82) is 0 Å². The molecular weight excluding hydrogens is 883 g/mol. The van der Waals surface area contributed by atoms with Crippen LogP contribution in [-0.4, -0.2) is 130 Å². The van der Waals surface area contributed by atoms with E-state index in [4.69, 9.17) is 23.7 Å². The van der Waals surface area contributed by atoms with Crippen LogP contribution in [0.3, 0.4) is 0 Å². The van der Waals surface area contributed by atoms with Gasteiger partial charge in [0.15, 0.2) is 5.78 Å². The van der Waals surface area contributed by atoms with Crippen molar-refractivity contribution >= 4 is 29.2 Å². The molecule has 5 rings (SSSR count). The summed E-state index contributed by atoms with van der Waals surface area (Å²) in [6.45, 7) is 15.4. The first kappa shape index (κ1) is 55.7. The predicted octanol–water partition coefficient (Wildman–Crippen LogP) is 7.32. The number of esters is 1. The third kappa shape index (κ3) is 14.2. The molecule has 16 heteroatoms. The largest absolute Gasteiger partial charge is 0.460 e. The number of piperidine rings is 1. The van der Waals surface area contributed by atoms with Crippen LogP contribution in [0, 0.1) is 41.4 Å². The molecule has 1 amide bonds. The number of carbonyl (C=O) groups excluding carboxylic acids is 5. The number of tetrazole rings is 1. The second-order valence-electron chi connectivity index (χ2n) is 20.7. The van der Waals surface area contributed by atoms with Gasteiger partial charge in [-0.1, -0.05) is 83.6 Å².